The highest BCUT2D eigenvalue weighted by atomic mass is 16.7. The molecule has 2 aliphatic rings. The first-order valence-corrected chi connectivity index (χ1v) is 8.38. The van der Waals surface area contributed by atoms with Crippen LogP contribution in [0.1, 0.15) is 11.7 Å². The maximum Gasteiger partial charge on any atom is 0.225 e. The van der Waals surface area contributed by atoms with E-state index in [9.17, 15) is 0 Å². The molecule has 27 heavy (non-hydrogen) atoms. The van der Waals surface area contributed by atoms with Crippen LogP contribution in [0.5, 0.6) is 0 Å². The van der Waals surface area contributed by atoms with Crippen molar-refractivity contribution in [2.24, 2.45) is 11.3 Å². The summed E-state index contributed by atoms with van der Waals surface area (Å²) in [6.07, 6.45) is 1.84. The number of nitriles is 1. The monoisotopic (exact) mass is 374 g/mol. The molecule has 2 aliphatic heterocycles. The minimum absolute atomic E-state index is 0.0195. The van der Waals surface area contributed by atoms with Crippen LogP contribution in [0.25, 0.3) is 0 Å². The number of nitrogens with zero attached hydrogens (tertiary/aromatic N) is 4. The van der Waals surface area contributed by atoms with Crippen molar-refractivity contribution in [3.63, 3.8) is 0 Å². The normalized spacial score (nSPS) is 30.2. The molecule has 0 aliphatic carbocycles. The second-order valence-electron chi connectivity index (χ2n) is 6.54. The standard InChI is InChI=1S/C17H22N6O4/c1-3-10(5-18)13-24-6-17(7-25-13)8-26-14(27-9-17)11(4-2)12-21-15(19)23-16(20)22-12/h3-4,10-11,13-14H,1-2,6-9H2,(H4,19,20,21,22,23). The van der Waals surface area contributed by atoms with Crippen molar-refractivity contribution in [3.8, 4) is 6.07 Å². The first kappa shape index (κ1) is 19.2. The molecule has 0 bridgehead atoms. The zero-order valence-electron chi connectivity index (χ0n) is 14.8. The maximum atomic E-state index is 9.08. The molecule has 2 atom stereocenters. The third-order valence-corrected chi connectivity index (χ3v) is 4.44. The van der Waals surface area contributed by atoms with Gasteiger partial charge in [-0.15, -0.1) is 13.2 Å². The molecule has 10 heteroatoms. The van der Waals surface area contributed by atoms with Crippen LogP contribution in [-0.4, -0.2) is 54.0 Å². The van der Waals surface area contributed by atoms with Crippen LogP contribution in [0.15, 0.2) is 25.3 Å². The summed E-state index contributed by atoms with van der Waals surface area (Å²) in [5.74, 6) is -0.616. The SMILES string of the molecule is C=CC(C#N)C1OCC2(CO1)COC(C(C=C)c1nc(N)nc(N)n1)OC2. The smallest absolute Gasteiger partial charge is 0.225 e. The molecule has 2 fully saturated rings. The first-order chi connectivity index (χ1) is 13.0. The van der Waals surface area contributed by atoms with E-state index in [1.807, 2.05) is 0 Å². The highest BCUT2D eigenvalue weighted by molar-refractivity contribution is 5.28. The predicted octanol–water partition coefficient (Wildman–Crippen LogP) is 0.364. The maximum absolute atomic E-state index is 9.08. The van der Waals surface area contributed by atoms with Gasteiger partial charge in [0.05, 0.1) is 43.8 Å². The molecular weight excluding hydrogens is 352 g/mol. The minimum Gasteiger partial charge on any atom is -0.368 e. The van der Waals surface area contributed by atoms with Gasteiger partial charge in [-0.3, -0.25) is 0 Å². The van der Waals surface area contributed by atoms with Gasteiger partial charge in [-0.25, -0.2) is 0 Å². The van der Waals surface area contributed by atoms with Crippen molar-refractivity contribution in [1.82, 2.24) is 15.0 Å². The average Bonchev–Trinajstić information content (AvgIpc) is 2.66. The van der Waals surface area contributed by atoms with E-state index in [4.69, 9.17) is 35.7 Å². The summed E-state index contributed by atoms with van der Waals surface area (Å²) in [7, 11) is 0. The molecule has 2 saturated heterocycles. The summed E-state index contributed by atoms with van der Waals surface area (Å²) < 4.78 is 23.2. The van der Waals surface area contributed by atoms with Crippen molar-refractivity contribution in [3.05, 3.63) is 31.1 Å². The van der Waals surface area contributed by atoms with Gasteiger partial charge in [0.15, 0.2) is 12.6 Å². The Kier molecular flexibility index (Phi) is 5.67. The molecule has 1 aromatic heterocycles. The molecule has 1 aromatic rings. The van der Waals surface area contributed by atoms with E-state index in [0.717, 1.165) is 0 Å². The van der Waals surface area contributed by atoms with Crippen molar-refractivity contribution < 1.29 is 18.9 Å². The van der Waals surface area contributed by atoms with Gasteiger partial charge in [-0.2, -0.15) is 20.2 Å². The van der Waals surface area contributed by atoms with Crippen molar-refractivity contribution in [2.45, 2.75) is 18.5 Å². The Balaban J connectivity index is 1.62. The Morgan fingerprint density at radius 2 is 1.48 bits per heavy atom. The highest BCUT2D eigenvalue weighted by Crippen LogP contribution is 2.35. The van der Waals surface area contributed by atoms with Crippen LogP contribution in [0, 0.1) is 22.7 Å². The molecule has 2 unspecified atom stereocenters. The van der Waals surface area contributed by atoms with Crippen LogP contribution in [-0.2, 0) is 18.9 Å². The van der Waals surface area contributed by atoms with Gasteiger partial charge in [0.2, 0.25) is 11.9 Å². The molecular formula is C17H22N6O4. The quantitative estimate of drug-likeness (QED) is 0.691. The molecule has 10 nitrogen and oxygen atoms in total. The number of nitrogen functional groups attached to an aromatic ring is 2. The fourth-order valence-corrected chi connectivity index (χ4v) is 2.94. The molecule has 3 rings (SSSR count). The van der Waals surface area contributed by atoms with E-state index < -0.39 is 29.8 Å². The summed E-state index contributed by atoms with van der Waals surface area (Å²) in [5, 5.41) is 9.08. The summed E-state index contributed by atoms with van der Waals surface area (Å²) in [5.41, 5.74) is 10.8. The van der Waals surface area contributed by atoms with Crippen LogP contribution in [0.4, 0.5) is 11.9 Å². The van der Waals surface area contributed by atoms with Gasteiger partial charge in [-0.1, -0.05) is 12.2 Å². The van der Waals surface area contributed by atoms with E-state index >= 15 is 0 Å². The lowest BCUT2D eigenvalue weighted by Crippen LogP contribution is -2.53. The Labute approximate surface area is 156 Å². The number of hydrogen-bond donors (Lipinski definition) is 2. The van der Waals surface area contributed by atoms with E-state index in [1.165, 1.54) is 6.08 Å². The Morgan fingerprint density at radius 1 is 0.963 bits per heavy atom. The van der Waals surface area contributed by atoms with Gasteiger partial charge < -0.3 is 30.4 Å². The number of rotatable bonds is 5. The van der Waals surface area contributed by atoms with Gasteiger partial charge in [0.1, 0.15) is 11.7 Å². The third-order valence-electron chi connectivity index (χ3n) is 4.44. The summed E-state index contributed by atoms with van der Waals surface area (Å²) in [4.78, 5) is 11.9. The highest BCUT2D eigenvalue weighted by Gasteiger charge is 2.44. The average molecular weight is 374 g/mol. The van der Waals surface area contributed by atoms with Gasteiger partial charge in [-0.05, 0) is 0 Å². The molecule has 1 spiro atoms. The molecule has 0 aromatic carbocycles. The predicted molar refractivity (Wildman–Crippen MR) is 94.7 cm³/mol. The van der Waals surface area contributed by atoms with Crippen LogP contribution < -0.4 is 11.5 Å². The fourth-order valence-electron chi connectivity index (χ4n) is 2.94. The molecule has 4 N–H and O–H groups in total. The van der Waals surface area contributed by atoms with E-state index in [0.29, 0.717) is 32.3 Å². The van der Waals surface area contributed by atoms with Gasteiger partial charge >= 0.3 is 0 Å². The second kappa shape index (κ2) is 7.98. The summed E-state index contributed by atoms with van der Waals surface area (Å²) >= 11 is 0. The van der Waals surface area contributed by atoms with Crippen LogP contribution in [0.2, 0.25) is 0 Å². The lowest BCUT2D eigenvalue weighted by atomic mass is 9.90. The number of aromatic nitrogens is 3. The fraction of sp³-hybridized carbons (Fsp3) is 0.529. The van der Waals surface area contributed by atoms with Crippen LogP contribution >= 0.6 is 0 Å². The van der Waals surface area contributed by atoms with Crippen LogP contribution in [0.3, 0.4) is 0 Å². The first-order valence-electron chi connectivity index (χ1n) is 8.38. The number of ether oxygens (including phenoxy) is 4. The molecule has 144 valence electrons. The van der Waals surface area contributed by atoms with Crippen molar-refractivity contribution >= 4 is 11.9 Å². The van der Waals surface area contributed by atoms with E-state index in [2.05, 4.69) is 34.2 Å². The number of hydrogen-bond acceptors (Lipinski definition) is 10. The number of nitrogens with two attached hydrogens (primary N) is 2. The molecule has 3 heterocycles. The summed E-state index contributed by atoms with van der Waals surface area (Å²) in [6.45, 7) is 8.79. The molecule has 0 radical (unpaired) electrons. The van der Waals surface area contributed by atoms with E-state index in [1.54, 1.807) is 6.08 Å². The zero-order chi connectivity index (χ0) is 19.4. The Hall–Kier alpha value is -2.58. The van der Waals surface area contributed by atoms with Gasteiger partial charge in [0, 0.05) is 0 Å². The van der Waals surface area contributed by atoms with Crippen molar-refractivity contribution in [1.29, 1.82) is 5.26 Å². The topological polar surface area (TPSA) is 151 Å². The van der Waals surface area contributed by atoms with Gasteiger partial charge in [0.25, 0.3) is 0 Å². The lowest BCUT2D eigenvalue weighted by molar-refractivity contribution is -0.307. The summed E-state index contributed by atoms with van der Waals surface area (Å²) in [6, 6.07) is 2.09. The largest absolute Gasteiger partial charge is 0.368 e. The third kappa shape index (κ3) is 4.06. The lowest BCUT2D eigenvalue weighted by Gasteiger charge is -2.44. The van der Waals surface area contributed by atoms with E-state index in [-0.39, 0.29) is 11.9 Å². The molecule has 0 saturated carbocycles. The Bertz CT molecular complexity index is 713. The molecule has 0 amide bonds. The van der Waals surface area contributed by atoms with Crippen molar-refractivity contribution in [2.75, 3.05) is 37.9 Å². The Morgan fingerprint density at radius 3 is 1.93 bits per heavy atom. The number of anilines is 2. The second-order valence-corrected chi connectivity index (χ2v) is 6.54. The zero-order valence-corrected chi connectivity index (χ0v) is 14.8. The minimum atomic E-state index is -0.646.